The fourth-order valence-corrected chi connectivity index (χ4v) is 1.78. The predicted octanol–water partition coefficient (Wildman–Crippen LogP) is 3.48. The van der Waals surface area contributed by atoms with Crippen LogP contribution in [0.2, 0.25) is 5.02 Å². The number of anilines is 2. The number of benzene rings is 1. The minimum absolute atomic E-state index is 0.645. The van der Waals surface area contributed by atoms with Gasteiger partial charge in [0, 0.05) is 29.9 Å². The topological polar surface area (TPSA) is 49.8 Å². The smallest absolute Gasteiger partial charge is 0.224 e. The molecule has 0 atom stereocenters. The summed E-state index contributed by atoms with van der Waals surface area (Å²) < 4.78 is 0. The third-order valence-corrected chi connectivity index (χ3v) is 2.93. The average molecular weight is 277 g/mol. The molecule has 0 fully saturated rings. The Morgan fingerprint density at radius 3 is 2.58 bits per heavy atom. The Morgan fingerprint density at radius 1 is 1.16 bits per heavy atom. The van der Waals surface area contributed by atoms with Crippen LogP contribution in [0.3, 0.4) is 0 Å². The Kier molecular flexibility index (Phi) is 4.58. The first-order chi connectivity index (χ1) is 9.19. The number of nitrogens with zero attached hydrogens (tertiary/aromatic N) is 2. The highest BCUT2D eigenvalue weighted by atomic mass is 35.5. The molecule has 19 heavy (non-hydrogen) atoms. The standard InChI is InChI=1S/C14H17ClN4/c1-3-16-14-18-8-10(2)13(19-14)17-9-11-4-6-12(15)7-5-11/h4-8H,3,9H2,1-2H3,(H2,16,17,18,19). The van der Waals surface area contributed by atoms with E-state index in [1.54, 1.807) is 0 Å². The molecular weight excluding hydrogens is 260 g/mol. The van der Waals surface area contributed by atoms with E-state index in [4.69, 9.17) is 11.6 Å². The molecule has 1 aromatic heterocycles. The third kappa shape index (κ3) is 3.83. The van der Waals surface area contributed by atoms with Gasteiger partial charge in [-0.3, -0.25) is 0 Å². The number of aromatic nitrogens is 2. The minimum Gasteiger partial charge on any atom is -0.366 e. The predicted molar refractivity (Wildman–Crippen MR) is 79.7 cm³/mol. The van der Waals surface area contributed by atoms with Gasteiger partial charge in [-0.2, -0.15) is 4.98 Å². The monoisotopic (exact) mass is 276 g/mol. The van der Waals surface area contributed by atoms with E-state index in [0.717, 1.165) is 28.5 Å². The number of rotatable bonds is 5. The highest BCUT2D eigenvalue weighted by molar-refractivity contribution is 6.30. The van der Waals surface area contributed by atoms with Crippen LogP contribution in [-0.4, -0.2) is 16.5 Å². The number of hydrogen-bond donors (Lipinski definition) is 2. The van der Waals surface area contributed by atoms with Crippen molar-refractivity contribution in [3.05, 3.63) is 46.6 Å². The molecule has 0 saturated carbocycles. The van der Waals surface area contributed by atoms with Gasteiger partial charge in [-0.05, 0) is 31.5 Å². The molecule has 0 saturated heterocycles. The Hall–Kier alpha value is -1.81. The lowest BCUT2D eigenvalue weighted by Crippen LogP contribution is -2.08. The Balaban J connectivity index is 2.05. The van der Waals surface area contributed by atoms with Crippen molar-refractivity contribution in [3.63, 3.8) is 0 Å². The molecule has 0 radical (unpaired) electrons. The number of aryl methyl sites for hydroxylation is 1. The minimum atomic E-state index is 0.645. The largest absolute Gasteiger partial charge is 0.366 e. The van der Waals surface area contributed by atoms with Crippen molar-refractivity contribution >= 4 is 23.4 Å². The Morgan fingerprint density at radius 2 is 1.89 bits per heavy atom. The van der Waals surface area contributed by atoms with E-state index in [1.807, 2.05) is 44.3 Å². The first-order valence-corrected chi connectivity index (χ1v) is 6.62. The van der Waals surface area contributed by atoms with Gasteiger partial charge in [0.2, 0.25) is 5.95 Å². The average Bonchev–Trinajstić information content (AvgIpc) is 2.41. The summed E-state index contributed by atoms with van der Waals surface area (Å²) in [4.78, 5) is 8.65. The van der Waals surface area contributed by atoms with Crippen molar-refractivity contribution < 1.29 is 0 Å². The van der Waals surface area contributed by atoms with Gasteiger partial charge >= 0.3 is 0 Å². The molecule has 4 nitrogen and oxygen atoms in total. The summed E-state index contributed by atoms with van der Waals surface area (Å²) in [7, 11) is 0. The fraction of sp³-hybridized carbons (Fsp3) is 0.286. The van der Waals surface area contributed by atoms with Gasteiger partial charge in [-0.25, -0.2) is 4.98 Å². The van der Waals surface area contributed by atoms with Gasteiger partial charge in [0.15, 0.2) is 0 Å². The first-order valence-electron chi connectivity index (χ1n) is 6.25. The van der Waals surface area contributed by atoms with Crippen molar-refractivity contribution in [2.75, 3.05) is 17.2 Å². The molecule has 0 spiro atoms. The second kappa shape index (κ2) is 6.38. The molecule has 1 heterocycles. The van der Waals surface area contributed by atoms with Gasteiger partial charge in [0.1, 0.15) is 5.82 Å². The maximum absolute atomic E-state index is 5.86. The molecule has 0 aliphatic rings. The van der Waals surface area contributed by atoms with E-state index >= 15 is 0 Å². The summed E-state index contributed by atoms with van der Waals surface area (Å²) in [6, 6.07) is 7.76. The van der Waals surface area contributed by atoms with E-state index in [2.05, 4.69) is 20.6 Å². The lowest BCUT2D eigenvalue weighted by atomic mass is 10.2. The molecule has 0 aliphatic carbocycles. The molecule has 100 valence electrons. The van der Waals surface area contributed by atoms with Crippen molar-refractivity contribution in [2.45, 2.75) is 20.4 Å². The lowest BCUT2D eigenvalue weighted by molar-refractivity contribution is 1.04. The van der Waals surface area contributed by atoms with Crippen LogP contribution in [0.15, 0.2) is 30.5 Å². The fourth-order valence-electron chi connectivity index (χ4n) is 1.65. The van der Waals surface area contributed by atoms with Crippen molar-refractivity contribution in [1.29, 1.82) is 0 Å². The zero-order valence-electron chi connectivity index (χ0n) is 11.1. The van der Waals surface area contributed by atoms with Crippen LogP contribution in [-0.2, 0) is 6.54 Å². The third-order valence-electron chi connectivity index (χ3n) is 2.68. The van der Waals surface area contributed by atoms with Crippen LogP contribution in [0.1, 0.15) is 18.1 Å². The van der Waals surface area contributed by atoms with Crippen molar-refractivity contribution in [1.82, 2.24) is 9.97 Å². The second-order valence-corrected chi connectivity index (χ2v) is 4.67. The summed E-state index contributed by atoms with van der Waals surface area (Å²) in [5, 5.41) is 7.16. The van der Waals surface area contributed by atoms with Crippen LogP contribution in [0, 0.1) is 6.92 Å². The second-order valence-electron chi connectivity index (χ2n) is 4.24. The molecule has 2 aromatic rings. The lowest BCUT2D eigenvalue weighted by Gasteiger charge is -2.10. The van der Waals surface area contributed by atoms with Gasteiger partial charge in [0.25, 0.3) is 0 Å². The van der Waals surface area contributed by atoms with E-state index in [0.29, 0.717) is 12.5 Å². The maximum atomic E-state index is 5.86. The summed E-state index contributed by atoms with van der Waals surface area (Å²) in [6.45, 7) is 5.52. The highest BCUT2D eigenvalue weighted by Crippen LogP contribution is 2.15. The Labute approximate surface area is 118 Å². The van der Waals surface area contributed by atoms with Crippen LogP contribution < -0.4 is 10.6 Å². The van der Waals surface area contributed by atoms with Crippen molar-refractivity contribution in [3.8, 4) is 0 Å². The van der Waals surface area contributed by atoms with Gasteiger partial charge in [-0.1, -0.05) is 23.7 Å². The summed E-state index contributed by atoms with van der Waals surface area (Å²) in [5.74, 6) is 1.49. The summed E-state index contributed by atoms with van der Waals surface area (Å²) in [5.41, 5.74) is 2.18. The van der Waals surface area contributed by atoms with Crippen LogP contribution in [0.4, 0.5) is 11.8 Å². The van der Waals surface area contributed by atoms with E-state index in [9.17, 15) is 0 Å². The van der Waals surface area contributed by atoms with Crippen molar-refractivity contribution in [2.24, 2.45) is 0 Å². The molecule has 2 N–H and O–H groups in total. The molecular formula is C14H17ClN4. The normalized spacial score (nSPS) is 10.3. The van der Waals surface area contributed by atoms with Gasteiger partial charge in [-0.15, -0.1) is 0 Å². The summed E-state index contributed by atoms with van der Waals surface area (Å²) in [6.07, 6.45) is 1.81. The van der Waals surface area contributed by atoms with E-state index in [1.165, 1.54) is 0 Å². The molecule has 0 bridgehead atoms. The summed E-state index contributed by atoms with van der Waals surface area (Å²) >= 11 is 5.86. The van der Waals surface area contributed by atoms with Crippen LogP contribution in [0.5, 0.6) is 0 Å². The number of nitrogens with one attached hydrogen (secondary N) is 2. The first kappa shape index (κ1) is 13.6. The molecule has 5 heteroatoms. The highest BCUT2D eigenvalue weighted by Gasteiger charge is 2.03. The molecule has 1 aromatic carbocycles. The van der Waals surface area contributed by atoms with E-state index < -0.39 is 0 Å². The number of hydrogen-bond acceptors (Lipinski definition) is 4. The molecule has 0 aliphatic heterocycles. The quantitative estimate of drug-likeness (QED) is 0.878. The molecule has 0 amide bonds. The molecule has 2 rings (SSSR count). The zero-order chi connectivity index (χ0) is 13.7. The Bertz CT molecular complexity index is 540. The number of halogens is 1. The van der Waals surface area contributed by atoms with Crippen LogP contribution in [0.25, 0.3) is 0 Å². The van der Waals surface area contributed by atoms with Gasteiger partial charge < -0.3 is 10.6 Å². The maximum Gasteiger partial charge on any atom is 0.224 e. The van der Waals surface area contributed by atoms with Gasteiger partial charge in [0.05, 0.1) is 0 Å². The SMILES string of the molecule is CCNc1ncc(C)c(NCc2ccc(Cl)cc2)n1. The van der Waals surface area contributed by atoms with E-state index in [-0.39, 0.29) is 0 Å². The molecule has 0 unspecified atom stereocenters. The van der Waals surface area contributed by atoms with Crippen LogP contribution >= 0.6 is 11.6 Å². The zero-order valence-corrected chi connectivity index (χ0v) is 11.8.